The number of carbonyl (C=O) groups is 1. The van der Waals surface area contributed by atoms with Gasteiger partial charge in [0.05, 0.1) is 12.7 Å². The van der Waals surface area contributed by atoms with Crippen molar-refractivity contribution in [2.45, 2.75) is 19.3 Å². The smallest absolute Gasteiger partial charge is 0.338 e. The molecule has 72 valence electrons. The number of rotatable bonds is 5. The van der Waals surface area contributed by atoms with E-state index >= 15 is 0 Å². The molecular formula is C10H14O3. The molecule has 1 rings (SSSR count). The summed E-state index contributed by atoms with van der Waals surface area (Å²) in [7, 11) is 1.56. The van der Waals surface area contributed by atoms with Crippen LogP contribution in [0.25, 0.3) is 0 Å². The van der Waals surface area contributed by atoms with E-state index in [0.717, 1.165) is 12.8 Å². The molecule has 0 fully saturated rings. The lowest BCUT2D eigenvalue weighted by molar-refractivity contribution is -0.136. The van der Waals surface area contributed by atoms with Crippen molar-refractivity contribution < 1.29 is 14.3 Å². The summed E-state index contributed by atoms with van der Waals surface area (Å²) in [6.45, 7) is 3.91. The Hall–Kier alpha value is -1.25. The van der Waals surface area contributed by atoms with Crippen LogP contribution in [0.4, 0.5) is 0 Å². The molecule has 13 heavy (non-hydrogen) atoms. The predicted molar refractivity (Wildman–Crippen MR) is 49.0 cm³/mol. The van der Waals surface area contributed by atoms with Gasteiger partial charge >= 0.3 is 5.97 Å². The van der Waals surface area contributed by atoms with Gasteiger partial charge in [-0.15, -0.1) is 6.58 Å². The number of allylic oxidation sites excluding steroid dienone is 1. The quantitative estimate of drug-likeness (QED) is 0.369. The molecule has 0 radical (unpaired) electrons. The summed E-state index contributed by atoms with van der Waals surface area (Å²) in [6.07, 6.45) is 4.38. The van der Waals surface area contributed by atoms with Crippen LogP contribution in [0.1, 0.15) is 19.3 Å². The van der Waals surface area contributed by atoms with Crippen molar-refractivity contribution in [3.8, 4) is 0 Å². The fraction of sp³-hybridized carbons (Fsp3) is 0.500. The molecule has 1 aliphatic rings. The summed E-state index contributed by atoms with van der Waals surface area (Å²) in [4.78, 5) is 11.2. The molecule has 0 atom stereocenters. The summed E-state index contributed by atoms with van der Waals surface area (Å²) in [5.74, 6) is 0.440. The maximum atomic E-state index is 11.2. The first-order valence-corrected chi connectivity index (χ1v) is 4.33. The Labute approximate surface area is 78.0 Å². The largest absolute Gasteiger partial charge is 0.497 e. The zero-order valence-electron chi connectivity index (χ0n) is 7.84. The number of methoxy groups -OCH3 is 1. The zero-order valence-corrected chi connectivity index (χ0v) is 7.84. The van der Waals surface area contributed by atoms with E-state index in [2.05, 4.69) is 6.58 Å². The number of hydrogen-bond donors (Lipinski definition) is 0. The molecule has 1 heterocycles. The van der Waals surface area contributed by atoms with E-state index in [1.165, 1.54) is 0 Å². The minimum atomic E-state index is -0.235. The second kappa shape index (κ2) is 4.70. The molecule has 0 saturated carbocycles. The average molecular weight is 182 g/mol. The second-order valence-electron chi connectivity index (χ2n) is 2.86. The summed E-state index contributed by atoms with van der Waals surface area (Å²) in [6, 6.07) is 0. The first-order valence-electron chi connectivity index (χ1n) is 4.33. The van der Waals surface area contributed by atoms with Crippen molar-refractivity contribution in [2.75, 3.05) is 13.7 Å². The lowest BCUT2D eigenvalue weighted by Crippen LogP contribution is -1.99. The van der Waals surface area contributed by atoms with Gasteiger partial charge in [-0.1, -0.05) is 6.08 Å². The number of ether oxygens (including phenoxy) is 2. The van der Waals surface area contributed by atoms with E-state index in [-0.39, 0.29) is 5.97 Å². The Morgan fingerprint density at radius 2 is 2.46 bits per heavy atom. The molecule has 0 aliphatic carbocycles. The number of carbonyl (C=O) groups excluding carboxylic acids is 1. The highest BCUT2D eigenvalue weighted by Gasteiger charge is 2.24. The maximum absolute atomic E-state index is 11.2. The van der Waals surface area contributed by atoms with Gasteiger partial charge in [-0.05, 0) is 19.3 Å². The van der Waals surface area contributed by atoms with Crippen LogP contribution in [-0.4, -0.2) is 19.7 Å². The van der Waals surface area contributed by atoms with Gasteiger partial charge in [-0.2, -0.15) is 0 Å². The van der Waals surface area contributed by atoms with E-state index in [4.69, 9.17) is 9.47 Å². The van der Waals surface area contributed by atoms with Gasteiger partial charge < -0.3 is 9.47 Å². The molecule has 0 aromatic rings. The molecule has 0 spiro atoms. The van der Waals surface area contributed by atoms with Crippen LogP contribution >= 0.6 is 0 Å². The van der Waals surface area contributed by atoms with Crippen molar-refractivity contribution in [2.24, 2.45) is 0 Å². The summed E-state index contributed by atoms with van der Waals surface area (Å²) < 4.78 is 9.87. The van der Waals surface area contributed by atoms with Crippen molar-refractivity contribution in [3.05, 3.63) is 24.0 Å². The molecule has 0 amide bonds. The maximum Gasteiger partial charge on any atom is 0.338 e. The molecule has 0 unspecified atom stereocenters. The van der Waals surface area contributed by atoms with Crippen LogP contribution in [0.15, 0.2) is 24.0 Å². The number of hydrogen-bond acceptors (Lipinski definition) is 3. The van der Waals surface area contributed by atoms with Crippen LogP contribution in [0, 0.1) is 0 Å². The second-order valence-corrected chi connectivity index (χ2v) is 2.86. The third-order valence-electron chi connectivity index (χ3n) is 2.00. The van der Waals surface area contributed by atoms with E-state index in [9.17, 15) is 4.79 Å². The fourth-order valence-electron chi connectivity index (χ4n) is 1.27. The van der Waals surface area contributed by atoms with Crippen molar-refractivity contribution in [1.82, 2.24) is 0 Å². The molecule has 1 aliphatic heterocycles. The molecule has 0 aromatic carbocycles. The summed E-state index contributed by atoms with van der Waals surface area (Å²) >= 11 is 0. The molecule has 0 saturated heterocycles. The van der Waals surface area contributed by atoms with E-state index < -0.39 is 0 Å². The Kier molecular flexibility index (Phi) is 3.55. The van der Waals surface area contributed by atoms with Gasteiger partial charge in [-0.25, -0.2) is 4.79 Å². The molecule has 0 N–H and O–H groups in total. The van der Waals surface area contributed by atoms with Crippen molar-refractivity contribution in [1.29, 1.82) is 0 Å². The number of esters is 1. The monoisotopic (exact) mass is 182 g/mol. The van der Waals surface area contributed by atoms with E-state index in [1.807, 2.05) is 6.08 Å². The first-order chi connectivity index (χ1) is 6.29. The molecule has 0 bridgehead atoms. The number of unbranched alkanes of at least 4 members (excludes halogenated alkanes) is 1. The van der Waals surface area contributed by atoms with Crippen LogP contribution in [0.2, 0.25) is 0 Å². The third kappa shape index (κ3) is 2.34. The van der Waals surface area contributed by atoms with Crippen LogP contribution in [-0.2, 0) is 14.3 Å². The fourth-order valence-corrected chi connectivity index (χ4v) is 1.27. The average Bonchev–Trinajstić information content (AvgIpc) is 2.48. The van der Waals surface area contributed by atoms with Crippen LogP contribution in [0.3, 0.4) is 0 Å². The number of cyclic esters (lactones) is 1. The van der Waals surface area contributed by atoms with E-state index in [1.54, 1.807) is 7.11 Å². The lowest BCUT2D eigenvalue weighted by Gasteiger charge is -2.00. The molecular weight excluding hydrogens is 168 g/mol. The van der Waals surface area contributed by atoms with Gasteiger partial charge in [0.1, 0.15) is 12.4 Å². The normalized spacial score (nSPS) is 15.9. The van der Waals surface area contributed by atoms with Crippen molar-refractivity contribution >= 4 is 5.97 Å². The Morgan fingerprint density at radius 3 is 3.08 bits per heavy atom. The van der Waals surface area contributed by atoms with Gasteiger partial charge in [0.15, 0.2) is 0 Å². The molecule has 3 heteroatoms. The standard InChI is InChI=1S/C10H14O3/c1-3-4-5-6-8-9(12-2)7-13-10(8)11/h3H,1,4-7H2,2H3. The highest BCUT2D eigenvalue weighted by Crippen LogP contribution is 2.21. The SMILES string of the molecule is C=CCCCC1=C(OC)COC1=O. The Bertz CT molecular complexity index is 241. The third-order valence-corrected chi connectivity index (χ3v) is 2.00. The van der Waals surface area contributed by atoms with Crippen LogP contribution in [0.5, 0.6) is 0 Å². The predicted octanol–water partition coefficient (Wildman–Crippen LogP) is 1.80. The minimum absolute atomic E-state index is 0.235. The van der Waals surface area contributed by atoms with Crippen molar-refractivity contribution in [3.63, 3.8) is 0 Å². The van der Waals surface area contributed by atoms with Gasteiger partial charge in [0, 0.05) is 0 Å². The van der Waals surface area contributed by atoms with Gasteiger partial charge in [0.25, 0.3) is 0 Å². The highest BCUT2D eigenvalue weighted by molar-refractivity contribution is 5.91. The molecule has 3 nitrogen and oxygen atoms in total. The van der Waals surface area contributed by atoms with Gasteiger partial charge in [0.2, 0.25) is 0 Å². The zero-order chi connectivity index (χ0) is 9.68. The Balaban J connectivity index is 2.52. The summed E-state index contributed by atoms with van der Waals surface area (Å²) in [5.41, 5.74) is 0.685. The van der Waals surface area contributed by atoms with Gasteiger partial charge in [-0.3, -0.25) is 0 Å². The Morgan fingerprint density at radius 1 is 1.69 bits per heavy atom. The topological polar surface area (TPSA) is 35.5 Å². The molecule has 0 aromatic heterocycles. The van der Waals surface area contributed by atoms with Crippen LogP contribution < -0.4 is 0 Å². The van der Waals surface area contributed by atoms with E-state index in [0.29, 0.717) is 24.4 Å². The first kappa shape index (κ1) is 9.84. The summed E-state index contributed by atoms with van der Waals surface area (Å²) in [5, 5.41) is 0. The highest BCUT2D eigenvalue weighted by atomic mass is 16.6. The lowest BCUT2D eigenvalue weighted by atomic mass is 10.1. The minimum Gasteiger partial charge on any atom is -0.497 e.